The van der Waals surface area contributed by atoms with Crippen molar-refractivity contribution < 1.29 is 8.42 Å². The first-order chi connectivity index (χ1) is 8.51. The monoisotopic (exact) mass is 268 g/mol. The van der Waals surface area contributed by atoms with Crippen molar-refractivity contribution in [2.45, 2.75) is 19.1 Å². The Hall–Kier alpha value is -1.33. The lowest BCUT2D eigenvalue weighted by molar-refractivity contribution is 0.441. The van der Waals surface area contributed by atoms with Crippen LogP contribution in [-0.4, -0.2) is 25.8 Å². The van der Waals surface area contributed by atoms with Crippen molar-refractivity contribution in [2.75, 3.05) is 18.8 Å². The van der Waals surface area contributed by atoms with E-state index in [-0.39, 0.29) is 5.75 Å². The van der Waals surface area contributed by atoms with Crippen LogP contribution in [-0.2, 0) is 15.8 Å². The van der Waals surface area contributed by atoms with Crippen LogP contribution >= 0.6 is 0 Å². The molecule has 0 bridgehead atoms. The van der Waals surface area contributed by atoms with Crippen molar-refractivity contribution in [3.05, 3.63) is 42.5 Å². The fraction of sp³-hybridized carbons (Fsp3) is 0.385. The van der Waals surface area contributed by atoms with Gasteiger partial charge < -0.3 is 5.73 Å². The predicted octanol–water partition coefficient (Wildman–Crippen LogP) is 2.00. The standard InChI is InChI=1S/C13H20N2O2S/c1-3-9-15(10-4-2)18(16,17)11-12-7-5-6-8-13(12)14/h3,5-8H,1,4,9-11,14H2,2H3. The quantitative estimate of drug-likeness (QED) is 0.607. The minimum Gasteiger partial charge on any atom is -0.398 e. The third-order valence-electron chi connectivity index (χ3n) is 2.59. The zero-order valence-electron chi connectivity index (χ0n) is 10.7. The average Bonchev–Trinajstić information content (AvgIpc) is 2.32. The molecule has 4 nitrogen and oxygen atoms in total. The van der Waals surface area contributed by atoms with E-state index in [1.807, 2.05) is 6.92 Å². The van der Waals surface area contributed by atoms with Gasteiger partial charge in [-0.15, -0.1) is 6.58 Å². The first-order valence-electron chi connectivity index (χ1n) is 5.93. The van der Waals surface area contributed by atoms with Gasteiger partial charge in [-0.1, -0.05) is 31.2 Å². The number of sulfonamides is 1. The molecule has 1 aromatic carbocycles. The summed E-state index contributed by atoms with van der Waals surface area (Å²) in [4.78, 5) is 0. The van der Waals surface area contributed by atoms with Gasteiger partial charge in [0.2, 0.25) is 10.0 Å². The summed E-state index contributed by atoms with van der Waals surface area (Å²) in [6.07, 6.45) is 2.37. The van der Waals surface area contributed by atoms with Gasteiger partial charge in [-0.25, -0.2) is 8.42 Å². The third-order valence-corrected chi connectivity index (χ3v) is 4.39. The lowest BCUT2D eigenvalue weighted by Crippen LogP contribution is -2.33. The molecule has 0 radical (unpaired) electrons. The molecule has 0 heterocycles. The summed E-state index contributed by atoms with van der Waals surface area (Å²) in [6, 6.07) is 7.03. The van der Waals surface area contributed by atoms with Crippen LogP contribution in [0.4, 0.5) is 5.69 Å². The van der Waals surface area contributed by atoms with Gasteiger partial charge >= 0.3 is 0 Å². The van der Waals surface area contributed by atoms with Gasteiger partial charge in [0, 0.05) is 18.8 Å². The summed E-state index contributed by atoms with van der Waals surface area (Å²) >= 11 is 0. The second-order valence-electron chi connectivity index (χ2n) is 4.10. The Morgan fingerprint density at radius 3 is 2.61 bits per heavy atom. The molecule has 0 aromatic heterocycles. The molecular weight excluding hydrogens is 248 g/mol. The number of nitrogens with zero attached hydrogens (tertiary/aromatic N) is 1. The van der Waals surface area contributed by atoms with E-state index >= 15 is 0 Å². The molecule has 0 saturated heterocycles. The summed E-state index contributed by atoms with van der Waals surface area (Å²) in [7, 11) is -3.34. The molecule has 0 atom stereocenters. The molecule has 0 amide bonds. The van der Waals surface area contributed by atoms with E-state index < -0.39 is 10.0 Å². The number of nitrogen functional groups attached to an aromatic ring is 1. The van der Waals surface area contributed by atoms with Crippen molar-refractivity contribution in [2.24, 2.45) is 0 Å². The number of benzene rings is 1. The lowest BCUT2D eigenvalue weighted by Gasteiger charge is -2.20. The number of para-hydroxylation sites is 1. The highest BCUT2D eigenvalue weighted by Gasteiger charge is 2.21. The highest BCUT2D eigenvalue weighted by Crippen LogP contribution is 2.17. The van der Waals surface area contributed by atoms with Crippen molar-refractivity contribution in [1.29, 1.82) is 0 Å². The topological polar surface area (TPSA) is 63.4 Å². The highest BCUT2D eigenvalue weighted by molar-refractivity contribution is 7.88. The van der Waals surface area contributed by atoms with E-state index in [0.29, 0.717) is 24.3 Å². The van der Waals surface area contributed by atoms with Crippen molar-refractivity contribution >= 4 is 15.7 Å². The van der Waals surface area contributed by atoms with Gasteiger partial charge in [-0.3, -0.25) is 0 Å². The van der Waals surface area contributed by atoms with E-state index in [1.165, 1.54) is 4.31 Å². The third kappa shape index (κ3) is 3.85. The van der Waals surface area contributed by atoms with E-state index in [0.717, 1.165) is 6.42 Å². The summed E-state index contributed by atoms with van der Waals surface area (Å²) in [5, 5.41) is 0. The molecule has 0 saturated carbocycles. The summed E-state index contributed by atoms with van der Waals surface area (Å²) < 4.78 is 25.9. The van der Waals surface area contributed by atoms with Crippen molar-refractivity contribution in [3.63, 3.8) is 0 Å². The Bertz CT molecular complexity index is 497. The van der Waals surface area contributed by atoms with E-state index in [1.54, 1.807) is 30.3 Å². The Balaban J connectivity index is 2.92. The zero-order valence-corrected chi connectivity index (χ0v) is 11.5. The second-order valence-corrected chi connectivity index (χ2v) is 6.07. The van der Waals surface area contributed by atoms with Crippen LogP contribution in [0, 0.1) is 0 Å². The second kappa shape index (κ2) is 6.56. The highest BCUT2D eigenvalue weighted by atomic mass is 32.2. The Morgan fingerprint density at radius 2 is 2.06 bits per heavy atom. The smallest absolute Gasteiger partial charge is 0.218 e. The molecule has 2 N–H and O–H groups in total. The van der Waals surface area contributed by atoms with Gasteiger partial charge in [0.05, 0.1) is 5.75 Å². The molecule has 0 fully saturated rings. The molecule has 1 rings (SSSR count). The van der Waals surface area contributed by atoms with Crippen LogP contribution < -0.4 is 5.73 Å². The Kier molecular flexibility index (Phi) is 5.37. The van der Waals surface area contributed by atoms with Crippen LogP contribution in [0.5, 0.6) is 0 Å². The summed E-state index contributed by atoms with van der Waals surface area (Å²) in [6.45, 7) is 6.37. The molecule has 0 aliphatic heterocycles. The van der Waals surface area contributed by atoms with Gasteiger partial charge in [0.1, 0.15) is 0 Å². The van der Waals surface area contributed by atoms with E-state index in [2.05, 4.69) is 6.58 Å². The van der Waals surface area contributed by atoms with Gasteiger partial charge in [-0.05, 0) is 18.1 Å². The molecule has 5 heteroatoms. The van der Waals surface area contributed by atoms with Crippen molar-refractivity contribution in [1.82, 2.24) is 4.31 Å². The molecule has 0 unspecified atom stereocenters. The maximum absolute atomic E-state index is 12.3. The predicted molar refractivity (Wildman–Crippen MR) is 75.5 cm³/mol. The molecule has 0 aliphatic rings. The Morgan fingerprint density at radius 1 is 1.39 bits per heavy atom. The van der Waals surface area contributed by atoms with Crippen LogP contribution in [0.2, 0.25) is 0 Å². The molecule has 0 aliphatic carbocycles. The molecule has 100 valence electrons. The maximum atomic E-state index is 12.3. The number of hydrogen-bond donors (Lipinski definition) is 1. The Labute approximate surface area is 109 Å². The van der Waals surface area contributed by atoms with E-state index in [9.17, 15) is 8.42 Å². The van der Waals surface area contributed by atoms with Gasteiger partial charge in [0.15, 0.2) is 0 Å². The number of hydrogen-bond acceptors (Lipinski definition) is 3. The van der Waals surface area contributed by atoms with Crippen LogP contribution in [0.3, 0.4) is 0 Å². The molecule has 0 spiro atoms. The normalized spacial score (nSPS) is 11.7. The average molecular weight is 268 g/mol. The summed E-state index contributed by atoms with van der Waals surface area (Å²) in [5.41, 5.74) is 6.92. The van der Waals surface area contributed by atoms with Gasteiger partial charge in [-0.2, -0.15) is 4.31 Å². The molecule has 1 aromatic rings. The fourth-order valence-corrected chi connectivity index (χ4v) is 3.32. The van der Waals surface area contributed by atoms with Crippen LogP contribution in [0.25, 0.3) is 0 Å². The SMILES string of the molecule is C=CCN(CCC)S(=O)(=O)Cc1ccccc1N. The number of nitrogens with two attached hydrogens (primary N) is 1. The van der Waals surface area contributed by atoms with Crippen molar-refractivity contribution in [3.8, 4) is 0 Å². The maximum Gasteiger partial charge on any atom is 0.218 e. The fourth-order valence-electron chi connectivity index (χ4n) is 1.69. The number of anilines is 1. The molecular formula is C13H20N2O2S. The zero-order chi connectivity index (χ0) is 13.6. The minimum absolute atomic E-state index is 0.0620. The van der Waals surface area contributed by atoms with Crippen LogP contribution in [0.1, 0.15) is 18.9 Å². The number of rotatable bonds is 7. The lowest BCUT2D eigenvalue weighted by atomic mass is 10.2. The first-order valence-corrected chi connectivity index (χ1v) is 7.54. The van der Waals surface area contributed by atoms with E-state index in [4.69, 9.17) is 5.73 Å². The minimum atomic E-state index is -3.34. The summed E-state index contributed by atoms with van der Waals surface area (Å²) in [5.74, 6) is -0.0620. The largest absolute Gasteiger partial charge is 0.398 e. The molecule has 18 heavy (non-hydrogen) atoms. The first kappa shape index (κ1) is 14.7. The van der Waals surface area contributed by atoms with Gasteiger partial charge in [0.25, 0.3) is 0 Å². The van der Waals surface area contributed by atoms with Crippen LogP contribution in [0.15, 0.2) is 36.9 Å².